The molecule has 16 heavy (non-hydrogen) atoms. The van der Waals surface area contributed by atoms with Crippen LogP contribution in [-0.2, 0) is 4.79 Å². The van der Waals surface area contributed by atoms with Gasteiger partial charge < -0.3 is 4.90 Å². The van der Waals surface area contributed by atoms with Gasteiger partial charge in [-0.05, 0) is 38.1 Å². The second-order valence-corrected chi connectivity index (χ2v) is 3.75. The first-order valence-corrected chi connectivity index (χ1v) is 5.57. The maximum Gasteiger partial charge on any atom is 0.294 e. The normalized spacial score (nSPS) is 9.94. The van der Waals surface area contributed by atoms with Gasteiger partial charge >= 0.3 is 0 Å². The van der Waals surface area contributed by atoms with Crippen LogP contribution in [0.4, 0.5) is 0 Å². The van der Waals surface area contributed by atoms with E-state index < -0.39 is 11.7 Å². The largest absolute Gasteiger partial charge is 0.336 e. The Labute approximate surface area is 100 Å². The summed E-state index contributed by atoms with van der Waals surface area (Å²) in [5.74, 6) is -0.951. The van der Waals surface area contributed by atoms with Crippen molar-refractivity contribution in [2.45, 2.75) is 13.8 Å². The summed E-state index contributed by atoms with van der Waals surface area (Å²) in [5.41, 5.74) is 0.376. The van der Waals surface area contributed by atoms with Gasteiger partial charge in [-0.2, -0.15) is 0 Å². The number of hydrogen-bond acceptors (Lipinski definition) is 2. The monoisotopic (exact) mass is 239 g/mol. The summed E-state index contributed by atoms with van der Waals surface area (Å²) in [5, 5.41) is 0.548. The zero-order valence-electron chi connectivity index (χ0n) is 9.37. The van der Waals surface area contributed by atoms with Gasteiger partial charge in [0.1, 0.15) is 0 Å². The molecule has 0 atom stereocenters. The Bertz CT molecular complexity index is 383. The van der Waals surface area contributed by atoms with E-state index in [1.54, 1.807) is 24.3 Å². The molecule has 1 rings (SSSR count). The van der Waals surface area contributed by atoms with E-state index in [0.717, 1.165) is 0 Å². The third-order valence-corrected chi connectivity index (χ3v) is 2.60. The van der Waals surface area contributed by atoms with Crippen molar-refractivity contribution in [1.29, 1.82) is 0 Å². The molecule has 0 spiro atoms. The molecule has 0 aromatic heterocycles. The maximum absolute atomic E-state index is 11.8. The number of ketones is 1. The number of nitrogens with zero attached hydrogens (tertiary/aromatic N) is 1. The smallest absolute Gasteiger partial charge is 0.294 e. The van der Waals surface area contributed by atoms with Crippen molar-refractivity contribution in [3.8, 4) is 0 Å². The Balaban J connectivity index is 2.85. The predicted octanol–water partition coefficient (Wildman–Crippen LogP) is 2.39. The molecule has 0 N–H and O–H groups in total. The predicted molar refractivity (Wildman–Crippen MR) is 63.7 cm³/mol. The summed E-state index contributed by atoms with van der Waals surface area (Å²) in [6.45, 7) is 4.76. The lowest BCUT2D eigenvalue weighted by atomic mass is 10.1. The lowest BCUT2D eigenvalue weighted by Gasteiger charge is -2.17. The summed E-state index contributed by atoms with van der Waals surface area (Å²) in [6.07, 6.45) is 0. The molecule has 0 fully saturated rings. The highest BCUT2D eigenvalue weighted by molar-refractivity contribution is 6.42. The van der Waals surface area contributed by atoms with Crippen LogP contribution in [0.15, 0.2) is 24.3 Å². The topological polar surface area (TPSA) is 37.4 Å². The van der Waals surface area contributed by atoms with Crippen molar-refractivity contribution >= 4 is 23.3 Å². The fourth-order valence-electron chi connectivity index (χ4n) is 1.38. The van der Waals surface area contributed by atoms with Crippen molar-refractivity contribution in [3.05, 3.63) is 34.9 Å². The molecule has 0 radical (unpaired) electrons. The minimum absolute atomic E-state index is 0.376. The van der Waals surface area contributed by atoms with Gasteiger partial charge in [-0.25, -0.2) is 0 Å². The molecule has 1 aromatic carbocycles. The number of amides is 1. The minimum Gasteiger partial charge on any atom is -0.336 e. The van der Waals surface area contributed by atoms with Gasteiger partial charge in [-0.3, -0.25) is 9.59 Å². The molecular weight excluding hydrogens is 226 g/mol. The number of carbonyl (C=O) groups excluding carboxylic acids is 2. The first-order chi connectivity index (χ1) is 7.60. The van der Waals surface area contributed by atoms with Crippen LogP contribution in [0.1, 0.15) is 24.2 Å². The second kappa shape index (κ2) is 5.66. The van der Waals surface area contributed by atoms with E-state index in [2.05, 4.69) is 0 Å². The molecule has 1 aromatic rings. The summed E-state index contributed by atoms with van der Waals surface area (Å²) in [7, 11) is 0. The van der Waals surface area contributed by atoms with Crippen molar-refractivity contribution in [2.24, 2.45) is 0 Å². The minimum atomic E-state index is -0.486. The SMILES string of the molecule is CCN(CC)C(=O)C(=O)c1ccc(Cl)cc1. The van der Waals surface area contributed by atoms with Gasteiger partial charge in [0.2, 0.25) is 5.78 Å². The van der Waals surface area contributed by atoms with Crippen LogP contribution >= 0.6 is 11.6 Å². The molecule has 0 bridgehead atoms. The van der Waals surface area contributed by atoms with Crippen molar-refractivity contribution in [3.63, 3.8) is 0 Å². The third kappa shape index (κ3) is 2.83. The van der Waals surface area contributed by atoms with Crippen molar-refractivity contribution in [1.82, 2.24) is 4.90 Å². The van der Waals surface area contributed by atoms with Crippen molar-refractivity contribution in [2.75, 3.05) is 13.1 Å². The van der Waals surface area contributed by atoms with E-state index in [1.165, 1.54) is 4.90 Å². The summed E-state index contributed by atoms with van der Waals surface area (Å²) in [4.78, 5) is 25.0. The molecule has 86 valence electrons. The van der Waals surface area contributed by atoms with Gasteiger partial charge in [0.05, 0.1) is 0 Å². The Morgan fingerprint density at radius 2 is 1.62 bits per heavy atom. The van der Waals surface area contributed by atoms with Crippen LogP contribution in [0, 0.1) is 0 Å². The molecule has 0 saturated carbocycles. The first-order valence-electron chi connectivity index (χ1n) is 5.19. The molecular formula is C12H14ClNO2. The average Bonchev–Trinajstić information content (AvgIpc) is 2.30. The quantitative estimate of drug-likeness (QED) is 0.598. The molecule has 0 aliphatic rings. The van der Waals surface area contributed by atoms with E-state index in [9.17, 15) is 9.59 Å². The highest BCUT2D eigenvalue weighted by Crippen LogP contribution is 2.10. The molecule has 3 nitrogen and oxygen atoms in total. The fraction of sp³-hybridized carbons (Fsp3) is 0.333. The van der Waals surface area contributed by atoms with Crippen LogP contribution in [0.2, 0.25) is 5.02 Å². The number of benzene rings is 1. The summed E-state index contributed by atoms with van der Waals surface area (Å²) >= 11 is 5.71. The van der Waals surface area contributed by atoms with Crippen LogP contribution in [-0.4, -0.2) is 29.7 Å². The molecule has 0 aliphatic heterocycles. The molecule has 0 unspecified atom stereocenters. The van der Waals surface area contributed by atoms with E-state index in [4.69, 9.17) is 11.6 Å². The Hall–Kier alpha value is -1.35. The Morgan fingerprint density at radius 1 is 1.12 bits per heavy atom. The van der Waals surface area contributed by atoms with Crippen LogP contribution in [0.3, 0.4) is 0 Å². The molecule has 0 saturated heterocycles. The van der Waals surface area contributed by atoms with Gasteiger partial charge in [-0.15, -0.1) is 0 Å². The number of halogens is 1. The highest BCUT2D eigenvalue weighted by Gasteiger charge is 2.20. The molecule has 4 heteroatoms. The van der Waals surface area contributed by atoms with Crippen LogP contribution < -0.4 is 0 Å². The van der Waals surface area contributed by atoms with Gasteiger partial charge in [-0.1, -0.05) is 11.6 Å². The van der Waals surface area contributed by atoms with Gasteiger partial charge in [0.15, 0.2) is 0 Å². The Kier molecular flexibility index (Phi) is 4.50. The number of Topliss-reactive ketones (excluding diaryl/α,β-unsaturated/α-hetero) is 1. The number of hydrogen-bond donors (Lipinski definition) is 0. The zero-order valence-corrected chi connectivity index (χ0v) is 10.1. The molecule has 0 heterocycles. The summed E-state index contributed by atoms with van der Waals surface area (Å²) < 4.78 is 0. The first kappa shape index (κ1) is 12.7. The average molecular weight is 240 g/mol. The van der Waals surface area contributed by atoms with Gasteiger partial charge in [0, 0.05) is 23.7 Å². The maximum atomic E-state index is 11.8. The van der Waals surface area contributed by atoms with E-state index in [0.29, 0.717) is 23.7 Å². The van der Waals surface area contributed by atoms with Gasteiger partial charge in [0.25, 0.3) is 5.91 Å². The molecule has 1 amide bonds. The highest BCUT2D eigenvalue weighted by atomic mass is 35.5. The zero-order chi connectivity index (χ0) is 12.1. The van der Waals surface area contributed by atoms with E-state index >= 15 is 0 Å². The lowest BCUT2D eigenvalue weighted by Crippen LogP contribution is -2.36. The number of likely N-dealkylation sites (N-methyl/N-ethyl adjacent to an activating group) is 1. The lowest BCUT2D eigenvalue weighted by molar-refractivity contribution is -0.126. The van der Waals surface area contributed by atoms with Crippen molar-refractivity contribution < 1.29 is 9.59 Å². The second-order valence-electron chi connectivity index (χ2n) is 3.31. The molecule has 0 aliphatic carbocycles. The van der Waals surface area contributed by atoms with Crippen LogP contribution in [0.5, 0.6) is 0 Å². The third-order valence-electron chi connectivity index (χ3n) is 2.35. The van der Waals surface area contributed by atoms with E-state index in [1.807, 2.05) is 13.8 Å². The Morgan fingerprint density at radius 3 is 2.06 bits per heavy atom. The van der Waals surface area contributed by atoms with E-state index in [-0.39, 0.29) is 0 Å². The summed E-state index contributed by atoms with van der Waals surface area (Å²) in [6, 6.07) is 6.33. The van der Waals surface area contributed by atoms with Crippen LogP contribution in [0.25, 0.3) is 0 Å². The number of carbonyl (C=O) groups is 2. The standard InChI is InChI=1S/C12H14ClNO2/c1-3-14(4-2)12(16)11(15)9-5-7-10(13)8-6-9/h5-8H,3-4H2,1-2H3. The number of rotatable bonds is 4. The fourth-order valence-corrected chi connectivity index (χ4v) is 1.51.